The second kappa shape index (κ2) is 10.4. The van der Waals surface area contributed by atoms with Crippen LogP contribution in [0.25, 0.3) is 11.4 Å². The minimum absolute atomic E-state index is 0.0690. The highest BCUT2D eigenvalue weighted by Crippen LogP contribution is 2.30. The summed E-state index contributed by atoms with van der Waals surface area (Å²) in [6, 6.07) is 7.42. The standard InChI is InChI=1S/C24H32N2O2/c1-3-5-7-18-8-14-22(15-9-18)28-24(27)21-12-10-20(11-13-21)23-25-16-19(6-4-2)17-26-23/h10-13,16-18,22H,3-9,14-15H2,1-2H3/t18-,22-. The number of benzene rings is 1. The van der Waals surface area contributed by atoms with E-state index in [1.54, 1.807) is 0 Å². The lowest BCUT2D eigenvalue weighted by atomic mass is 9.84. The lowest BCUT2D eigenvalue weighted by molar-refractivity contribution is 0.0161. The molecule has 0 saturated heterocycles. The van der Waals surface area contributed by atoms with Gasteiger partial charge in [-0.15, -0.1) is 0 Å². The molecule has 1 aliphatic rings. The number of aromatic nitrogens is 2. The Kier molecular flexibility index (Phi) is 7.58. The molecule has 1 saturated carbocycles. The number of ether oxygens (including phenoxy) is 1. The van der Waals surface area contributed by atoms with Crippen LogP contribution in [-0.2, 0) is 11.2 Å². The summed E-state index contributed by atoms with van der Waals surface area (Å²) in [4.78, 5) is 21.4. The second-order valence-corrected chi connectivity index (χ2v) is 7.93. The van der Waals surface area contributed by atoms with Gasteiger partial charge in [0.15, 0.2) is 5.82 Å². The number of aryl methyl sites for hydroxylation is 1. The zero-order valence-electron chi connectivity index (χ0n) is 17.2. The SMILES string of the molecule is CCCC[C@H]1CC[C@H](OC(=O)c2ccc(-c3ncc(CCC)cn3)cc2)CC1. The highest BCUT2D eigenvalue weighted by atomic mass is 16.5. The van der Waals surface area contributed by atoms with Crippen molar-refractivity contribution in [2.75, 3.05) is 0 Å². The Hall–Kier alpha value is -2.23. The monoisotopic (exact) mass is 380 g/mol. The predicted octanol–water partition coefficient (Wildman–Crippen LogP) is 6.00. The number of carbonyl (C=O) groups is 1. The van der Waals surface area contributed by atoms with E-state index >= 15 is 0 Å². The van der Waals surface area contributed by atoms with Gasteiger partial charge in [0, 0.05) is 18.0 Å². The van der Waals surface area contributed by atoms with Crippen LogP contribution in [0.4, 0.5) is 0 Å². The van der Waals surface area contributed by atoms with Gasteiger partial charge >= 0.3 is 5.97 Å². The summed E-state index contributed by atoms with van der Waals surface area (Å²) in [5, 5.41) is 0. The molecule has 1 aromatic carbocycles. The maximum Gasteiger partial charge on any atom is 0.338 e. The smallest absolute Gasteiger partial charge is 0.338 e. The van der Waals surface area contributed by atoms with Gasteiger partial charge in [0.1, 0.15) is 6.10 Å². The number of unbranched alkanes of at least 4 members (excludes halogenated alkanes) is 1. The molecule has 1 fully saturated rings. The third-order valence-corrected chi connectivity index (χ3v) is 5.66. The van der Waals surface area contributed by atoms with Crippen LogP contribution in [0.15, 0.2) is 36.7 Å². The quantitative estimate of drug-likeness (QED) is 0.527. The molecule has 1 aliphatic carbocycles. The largest absolute Gasteiger partial charge is 0.459 e. The Morgan fingerprint density at radius 2 is 1.68 bits per heavy atom. The molecule has 0 spiro atoms. The molecular formula is C24H32N2O2. The van der Waals surface area contributed by atoms with E-state index in [0.29, 0.717) is 11.4 Å². The molecule has 4 nitrogen and oxygen atoms in total. The van der Waals surface area contributed by atoms with Gasteiger partial charge in [-0.25, -0.2) is 14.8 Å². The fourth-order valence-electron chi connectivity index (χ4n) is 3.93. The lowest BCUT2D eigenvalue weighted by Crippen LogP contribution is -2.24. The van der Waals surface area contributed by atoms with Crippen molar-refractivity contribution in [3.8, 4) is 11.4 Å². The van der Waals surface area contributed by atoms with Crippen molar-refractivity contribution in [2.24, 2.45) is 5.92 Å². The van der Waals surface area contributed by atoms with Crippen molar-refractivity contribution < 1.29 is 9.53 Å². The molecule has 0 N–H and O–H groups in total. The molecule has 0 amide bonds. The first kappa shape index (κ1) is 20.5. The van der Waals surface area contributed by atoms with Gasteiger partial charge in [-0.3, -0.25) is 0 Å². The number of hydrogen-bond donors (Lipinski definition) is 0. The van der Waals surface area contributed by atoms with E-state index in [4.69, 9.17) is 4.74 Å². The van der Waals surface area contributed by atoms with Crippen molar-refractivity contribution >= 4 is 5.97 Å². The van der Waals surface area contributed by atoms with Crippen LogP contribution in [0.3, 0.4) is 0 Å². The van der Waals surface area contributed by atoms with Gasteiger partial charge < -0.3 is 4.74 Å². The van der Waals surface area contributed by atoms with Crippen molar-refractivity contribution in [1.29, 1.82) is 0 Å². The minimum Gasteiger partial charge on any atom is -0.459 e. The zero-order valence-corrected chi connectivity index (χ0v) is 17.2. The van der Waals surface area contributed by atoms with Crippen LogP contribution in [-0.4, -0.2) is 22.0 Å². The summed E-state index contributed by atoms with van der Waals surface area (Å²) in [7, 11) is 0. The maximum absolute atomic E-state index is 12.5. The van der Waals surface area contributed by atoms with E-state index in [1.807, 2.05) is 36.7 Å². The van der Waals surface area contributed by atoms with Gasteiger partial charge in [-0.1, -0.05) is 51.7 Å². The molecule has 0 unspecified atom stereocenters. The van der Waals surface area contributed by atoms with Crippen molar-refractivity contribution in [3.63, 3.8) is 0 Å². The van der Waals surface area contributed by atoms with Crippen LogP contribution in [0.2, 0.25) is 0 Å². The molecule has 150 valence electrons. The number of hydrogen-bond acceptors (Lipinski definition) is 4. The van der Waals surface area contributed by atoms with Crippen molar-refractivity contribution in [1.82, 2.24) is 9.97 Å². The summed E-state index contributed by atoms with van der Waals surface area (Å²) in [6.45, 7) is 4.39. The van der Waals surface area contributed by atoms with Gasteiger partial charge in [0.2, 0.25) is 0 Å². The van der Waals surface area contributed by atoms with E-state index in [1.165, 1.54) is 32.1 Å². The number of rotatable bonds is 8. The molecule has 0 aliphatic heterocycles. The molecular weight excluding hydrogens is 348 g/mol. The molecule has 1 aromatic heterocycles. The molecule has 3 rings (SSSR count). The fourth-order valence-corrected chi connectivity index (χ4v) is 3.93. The third-order valence-electron chi connectivity index (χ3n) is 5.66. The van der Waals surface area contributed by atoms with Gasteiger partial charge in [-0.2, -0.15) is 0 Å². The van der Waals surface area contributed by atoms with E-state index in [9.17, 15) is 4.79 Å². The topological polar surface area (TPSA) is 52.1 Å². The Bertz CT molecular complexity index is 732. The number of carbonyl (C=O) groups excluding carboxylic acids is 1. The van der Waals surface area contributed by atoms with Gasteiger partial charge in [0.25, 0.3) is 0 Å². The molecule has 4 heteroatoms. The first-order chi connectivity index (χ1) is 13.7. The van der Waals surface area contributed by atoms with E-state index in [2.05, 4.69) is 23.8 Å². The van der Waals surface area contributed by atoms with Gasteiger partial charge in [0.05, 0.1) is 5.56 Å². The number of esters is 1. The summed E-state index contributed by atoms with van der Waals surface area (Å²) < 4.78 is 5.75. The highest BCUT2D eigenvalue weighted by molar-refractivity contribution is 5.90. The average molecular weight is 381 g/mol. The fraction of sp³-hybridized carbons (Fsp3) is 0.542. The maximum atomic E-state index is 12.5. The lowest BCUT2D eigenvalue weighted by Gasteiger charge is -2.28. The van der Waals surface area contributed by atoms with Crippen LogP contribution < -0.4 is 0 Å². The predicted molar refractivity (Wildman–Crippen MR) is 112 cm³/mol. The van der Waals surface area contributed by atoms with Crippen LogP contribution in [0.5, 0.6) is 0 Å². The Morgan fingerprint density at radius 1 is 1.00 bits per heavy atom. The molecule has 1 heterocycles. The Morgan fingerprint density at radius 3 is 2.29 bits per heavy atom. The first-order valence-corrected chi connectivity index (χ1v) is 10.8. The molecule has 28 heavy (non-hydrogen) atoms. The van der Waals surface area contributed by atoms with Crippen LogP contribution in [0, 0.1) is 5.92 Å². The summed E-state index contributed by atoms with van der Waals surface area (Å²) in [5.74, 6) is 1.28. The van der Waals surface area contributed by atoms with E-state index < -0.39 is 0 Å². The van der Waals surface area contributed by atoms with Crippen LogP contribution >= 0.6 is 0 Å². The van der Waals surface area contributed by atoms with E-state index in [-0.39, 0.29) is 12.1 Å². The molecule has 2 aromatic rings. The van der Waals surface area contributed by atoms with E-state index in [0.717, 1.165) is 42.7 Å². The normalized spacial score (nSPS) is 19.4. The highest BCUT2D eigenvalue weighted by Gasteiger charge is 2.24. The zero-order chi connectivity index (χ0) is 19.8. The average Bonchev–Trinajstić information content (AvgIpc) is 2.74. The summed E-state index contributed by atoms with van der Waals surface area (Å²) in [5.41, 5.74) is 2.66. The van der Waals surface area contributed by atoms with Crippen LogP contribution in [0.1, 0.15) is 81.1 Å². The molecule has 0 atom stereocenters. The summed E-state index contributed by atoms with van der Waals surface area (Å²) >= 11 is 0. The molecule has 0 bridgehead atoms. The van der Waals surface area contributed by atoms with Crippen molar-refractivity contribution in [3.05, 3.63) is 47.8 Å². The van der Waals surface area contributed by atoms with Gasteiger partial charge in [-0.05, 0) is 55.7 Å². The van der Waals surface area contributed by atoms with Crippen molar-refractivity contribution in [2.45, 2.75) is 77.7 Å². The summed E-state index contributed by atoms with van der Waals surface area (Å²) in [6.07, 6.45) is 14.2. The first-order valence-electron chi connectivity index (χ1n) is 10.8. The Balaban J connectivity index is 1.52. The molecule has 0 radical (unpaired) electrons. The minimum atomic E-state index is -0.220. The Labute approximate surface area is 168 Å². The second-order valence-electron chi connectivity index (χ2n) is 7.93. The number of nitrogens with zero attached hydrogens (tertiary/aromatic N) is 2. The third kappa shape index (κ3) is 5.63.